The molecule has 1 fully saturated rings. The lowest BCUT2D eigenvalue weighted by molar-refractivity contribution is -0.115. The van der Waals surface area contributed by atoms with Gasteiger partial charge in [0.25, 0.3) is 5.91 Å². The van der Waals surface area contributed by atoms with E-state index in [1.807, 2.05) is 79.7 Å². The Morgan fingerprint density at radius 1 is 1.10 bits per heavy atom. The Kier molecular flexibility index (Phi) is 7.14. The third-order valence-electron chi connectivity index (χ3n) is 4.48. The van der Waals surface area contributed by atoms with Crippen molar-refractivity contribution >= 4 is 73.1 Å². The van der Waals surface area contributed by atoms with Gasteiger partial charge in [0, 0.05) is 4.47 Å². The lowest BCUT2D eigenvalue weighted by Crippen LogP contribution is -2.19. The van der Waals surface area contributed by atoms with E-state index in [0.717, 1.165) is 30.6 Å². The van der Waals surface area contributed by atoms with Crippen molar-refractivity contribution in [1.82, 2.24) is 5.32 Å². The first-order chi connectivity index (χ1) is 15.0. The third-order valence-corrected chi connectivity index (χ3v) is 6.76. The van der Waals surface area contributed by atoms with Crippen LogP contribution in [0.1, 0.15) is 16.7 Å². The fraction of sp³-hybridized carbons (Fsp3) is 0.0833. The van der Waals surface area contributed by atoms with Crippen LogP contribution >= 0.6 is 50.3 Å². The Bertz CT molecular complexity index is 1180. The summed E-state index contributed by atoms with van der Waals surface area (Å²) in [6.45, 7) is 2.53. The van der Waals surface area contributed by atoms with E-state index in [4.69, 9.17) is 4.74 Å². The van der Waals surface area contributed by atoms with Crippen LogP contribution in [0.25, 0.3) is 6.08 Å². The van der Waals surface area contributed by atoms with Crippen LogP contribution in [-0.2, 0) is 11.4 Å². The number of benzene rings is 3. The van der Waals surface area contributed by atoms with Crippen molar-refractivity contribution in [3.63, 3.8) is 0 Å². The second-order valence-electron chi connectivity index (χ2n) is 6.92. The largest absolute Gasteiger partial charge is 0.488 e. The van der Waals surface area contributed by atoms with E-state index in [0.29, 0.717) is 16.7 Å². The number of hydrogen-bond acceptors (Lipinski definition) is 4. The van der Waals surface area contributed by atoms with Crippen LogP contribution < -0.4 is 10.1 Å². The average Bonchev–Trinajstić information content (AvgIpc) is 3.09. The average molecular weight is 605 g/mol. The Hall–Kier alpha value is -2.10. The number of nitrogens with one attached hydrogen (secondary N) is 1. The number of carbonyl (C=O) groups excluding carboxylic acids is 1. The highest BCUT2D eigenvalue weighted by molar-refractivity contribution is 14.1. The minimum Gasteiger partial charge on any atom is -0.488 e. The summed E-state index contributed by atoms with van der Waals surface area (Å²) in [5.74, 6) is 0.678. The number of rotatable bonds is 5. The number of nitrogens with zero attached hydrogens (tertiary/aromatic N) is 1. The summed E-state index contributed by atoms with van der Waals surface area (Å²) in [4.78, 5) is 17.5. The molecule has 3 aromatic carbocycles. The molecular formula is C24H18BrIN2O2S. The molecule has 1 amide bonds. The Labute approximate surface area is 207 Å². The predicted molar refractivity (Wildman–Crippen MR) is 140 cm³/mol. The van der Waals surface area contributed by atoms with Crippen molar-refractivity contribution in [2.24, 2.45) is 4.99 Å². The topological polar surface area (TPSA) is 50.7 Å². The molecule has 0 aromatic heterocycles. The maximum atomic E-state index is 12.4. The molecule has 1 saturated heterocycles. The van der Waals surface area contributed by atoms with E-state index >= 15 is 0 Å². The zero-order valence-corrected chi connectivity index (χ0v) is 21.1. The van der Waals surface area contributed by atoms with Crippen molar-refractivity contribution in [2.75, 3.05) is 0 Å². The van der Waals surface area contributed by atoms with Gasteiger partial charge in [0.15, 0.2) is 5.17 Å². The molecule has 3 aromatic rings. The highest BCUT2D eigenvalue weighted by atomic mass is 127. The van der Waals surface area contributed by atoms with Gasteiger partial charge in [-0.2, -0.15) is 0 Å². The summed E-state index contributed by atoms with van der Waals surface area (Å²) in [5.41, 5.74) is 4.03. The van der Waals surface area contributed by atoms with E-state index in [1.165, 1.54) is 17.3 Å². The first-order valence-corrected chi connectivity index (χ1v) is 12.2. The number of ether oxygens (including phenoxy) is 1. The monoisotopic (exact) mass is 604 g/mol. The quantitative estimate of drug-likeness (QED) is 0.256. The predicted octanol–water partition coefficient (Wildman–Crippen LogP) is 6.83. The molecule has 4 nitrogen and oxygen atoms in total. The zero-order valence-electron chi connectivity index (χ0n) is 16.6. The van der Waals surface area contributed by atoms with Gasteiger partial charge in [-0.25, -0.2) is 4.99 Å². The summed E-state index contributed by atoms with van der Waals surface area (Å²) in [5, 5.41) is 3.42. The van der Waals surface area contributed by atoms with Crippen LogP contribution in [0.4, 0.5) is 5.69 Å². The fourth-order valence-electron chi connectivity index (χ4n) is 2.83. The van der Waals surface area contributed by atoms with Crippen LogP contribution in [0.2, 0.25) is 0 Å². The molecule has 0 saturated carbocycles. The number of aliphatic imine (C=N–C) groups is 1. The molecule has 0 spiro atoms. The van der Waals surface area contributed by atoms with Crippen molar-refractivity contribution in [2.45, 2.75) is 13.5 Å². The van der Waals surface area contributed by atoms with Crippen molar-refractivity contribution in [3.05, 3.63) is 96.4 Å². The van der Waals surface area contributed by atoms with Gasteiger partial charge in [0.1, 0.15) is 12.4 Å². The molecule has 1 N–H and O–H groups in total. The Morgan fingerprint density at radius 2 is 1.84 bits per heavy atom. The van der Waals surface area contributed by atoms with Crippen LogP contribution in [-0.4, -0.2) is 11.1 Å². The van der Waals surface area contributed by atoms with Crippen LogP contribution in [0.15, 0.2) is 81.1 Å². The summed E-state index contributed by atoms with van der Waals surface area (Å²) >= 11 is 7.04. The van der Waals surface area contributed by atoms with Crippen LogP contribution in [0.3, 0.4) is 0 Å². The van der Waals surface area contributed by atoms with E-state index in [2.05, 4.69) is 48.8 Å². The SMILES string of the molecule is Cc1ccc(N=C2NC(=O)/C(=C\c3ccc(OCc4ccc(Br)cc4)c(I)c3)S2)cc1. The lowest BCUT2D eigenvalue weighted by Gasteiger charge is -2.09. The molecule has 0 bridgehead atoms. The lowest BCUT2D eigenvalue weighted by atomic mass is 10.2. The minimum atomic E-state index is -0.138. The summed E-state index contributed by atoms with van der Waals surface area (Å²) in [6.07, 6.45) is 1.87. The van der Waals surface area contributed by atoms with Gasteiger partial charge in [0.2, 0.25) is 0 Å². The summed E-state index contributed by atoms with van der Waals surface area (Å²) in [6, 6.07) is 21.8. The number of halogens is 2. The second kappa shape index (κ2) is 10.0. The van der Waals surface area contributed by atoms with Crippen molar-refractivity contribution in [1.29, 1.82) is 0 Å². The van der Waals surface area contributed by atoms with Gasteiger partial charge in [-0.3, -0.25) is 4.79 Å². The zero-order chi connectivity index (χ0) is 21.8. The number of aryl methyl sites for hydroxylation is 1. The fourth-order valence-corrected chi connectivity index (χ4v) is 4.64. The molecular weight excluding hydrogens is 587 g/mol. The van der Waals surface area contributed by atoms with Gasteiger partial charge >= 0.3 is 0 Å². The van der Waals surface area contributed by atoms with Gasteiger partial charge in [0.05, 0.1) is 14.2 Å². The third kappa shape index (κ3) is 5.99. The van der Waals surface area contributed by atoms with Crippen molar-refractivity contribution < 1.29 is 9.53 Å². The number of amides is 1. The molecule has 0 radical (unpaired) electrons. The van der Waals surface area contributed by atoms with E-state index < -0.39 is 0 Å². The molecule has 0 unspecified atom stereocenters. The van der Waals surface area contributed by atoms with E-state index in [9.17, 15) is 4.79 Å². The molecule has 1 heterocycles. The molecule has 4 rings (SSSR count). The number of hydrogen-bond donors (Lipinski definition) is 1. The van der Waals surface area contributed by atoms with E-state index in [-0.39, 0.29) is 5.91 Å². The Balaban J connectivity index is 1.44. The first kappa shape index (κ1) is 22.1. The summed E-state index contributed by atoms with van der Waals surface area (Å²) < 4.78 is 7.99. The molecule has 156 valence electrons. The second-order valence-corrected chi connectivity index (χ2v) is 10.0. The minimum absolute atomic E-state index is 0.138. The molecule has 0 atom stereocenters. The van der Waals surface area contributed by atoms with Crippen molar-refractivity contribution in [3.8, 4) is 5.75 Å². The maximum Gasteiger partial charge on any atom is 0.264 e. The van der Waals surface area contributed by atoms with Crippen LogP contribution in [0, 0.1) is 10.5 Å². The maximum absolute atomic E-state index is 12.4. The molecule has 0 aliphatic carbocycles. The van der Waals surface area contributed by atoms with Gasteiger partial charge in [-0.05, 0) is 94.9 Å². The van der Waals surface area contributed by atoms with Crippen LogP contribution in [0.5, 0.6) is 5.75 Å². The van der Waals surface area contributed by atoms with Gasteiger partial charge in [-0.1, -0.05) is 51.8 Å². The first-order valence-electron chi connectivity index (χ1n) is 9.49. The summed E-state index contributed by atoms with van der Waals surface area (Å²) in [7, 11) is 0. The molecule has 1 aliphatic rings. The Morgan fingerprint density at radius 3 is 2.55 bits per heavy atom. The number of amidine groups is 1. The van der Waals surface area contributed by atoms with E-state index in [1.54, 1.807) is 0 Å². The smallest absolute Gasteiger partial charge is 0.264 e. The molecule has 31 heavy (non-hydrogen) atoms. The number of carbonyl (C=O) groups is 1. The standard InChI is InChI=1S/C24H18BrIN2O2S/c1-15-2-9-19(10-3-15)27-24-28-23(29)22(31-24)13-17-6-11-21(20(26)12-17)30-14-16-4-7-18(25)8-5-16/h2-13H,14H2,1H3,(H,27,28,29)/b22-13+. The number of thioether (sulfide) groups is 1. The highest BCUT2D eigenvalue weighted by Crippen LogP contribution is 2.30. The van der Waals surface area contributed by atoms with Gasteiger partial charge in [-0.15, -0.1) is 0 Å². The highest BCUT2D eigenvalue weighted by Gasteiger charge is 2.23. The van der Waals surface area contributed by atoms with Gasteiger partial charge < -0.3 is 10.1 Å². The normalized spacial score (nSPS) is 16.0. The molecule has 1 aliphatic heterocycles. The molecule has 7 heteroatoms.